The average Bonchev–Trinajstić information content (AvgIpc) is 3.06. The highest BCUT2D eigenvalue weighted by Crippen LogP contribution is 2.54. The first-order valence-corrected chi connectivity index (χ1v) is 12.0. The molecule has 0 bridgehead atoms. The molecular formula is C26H36N2O3. The van der Waals surface area contributed by atoms with Gasteiger partial charge < -0.3 is 14.4 Å². The molecule has 2 heterocycles. The summed E-state index contributed by atoms with van der Waals surface area (Å²) in [6.45, 7) is 9.40. The van der Waals surface area contributed by atoms with E-state index in [2.05, 4.69) is 41.9 Å². The van der Waals surface area contributed by atoms with Crippen LogP contribution in [0.1, 0.15) is 39.5 Å². The topological polar surface area (TPSA) is 42.0 Å². The van der Waals surface area contributed by atoms with Crippen molar-refractivity contribution in [1.82, 2.24) is 4.90 Å². The summed E-state index contributed by atoms with van der Waals surface area (Å²) in [6, 6.07) is 8.23. The molecule has 2 aliphatic carbocycles. The molecule has 0 aromatic heterocycles. The lowest BCUT2D eigenvalue weighted by Gasteiger charge is -2.46. The van der Waals surface area contributed by atoms with Crippen molar-refractivity contribution in [3.63, 3.8) is 0 Å². The number of fused-ring (bicyclic) bond motifs is 2. The van der Waals surface area contributed by atoms with E-state index in [0.717, 1.165) is 50.6 Å². The molecule has 0 radical (unpaired) electrons. The summed E-state index contributed by atoms with van der Waals surface area (Å²) in [5.41, 5.74) is 2.99. The number of carbonyl (C=O) groups is 1. The molecule has 5 heteroatoms. The Labute approximate surface area is 186 Å². The van der Waals surface area contributed by atoms with E-state index in [1.165, 1.54) is 19.3 Å². The van der Waals surface area contributed by atoms with Gasteiger partial charge in [-0.25, -0.2) is 0 Å². The van der Waals surface area contributed by atoms with E-state index in [4.69, 9.17) is 9.47 Å². The molecule has 0 spiro atoms. The van der Waals surface area contributed by atoms with Crippen LogP contribution in [0.2, 0.25) is 0 Å². The summed E-state index contributed by atoms with van der Waals surface area (Å²) < 4.78 is 11.5. The lowest BCUT2D eigenvalue weighted by atomic mass is 9.59. The predicted octanol–water partition coefficient (Wildman–Crippen LogP) is 4.13. The molecule has 2 aliphatic heterocycles. The number of allylic oxidation sites excluding steroid dienone is 1. The molecule has 0 amide bonds. The summed E-state index contributed by atoms with van der Waals surface area (Å²) in [4.78, 5) is 17.7. The van der Waals surface area contributed by atoms with Gasteiger partial charge in [0.2, 0.25) is 0 Å². The summed E-state index contributed by atoms with van der Waals surface area (Å²) >= 11 is 0. The zero-order chi connectivity index (χ0) is 21.6. The van der Waals surface area contributed by atoms with Gasteiger partial charge >= 0.3 is 5.97 Å². The molecular weight excluding hydrogens is 388 g/mol. The molecule has 31 heavy (non-hydrogen) atoms. The highest BCUT2D eigenvalue weighted by Gasteiger charge is 2.52. The Morgan fingerprint density at radius 2 is 1.97 bits per heavy atom. The predicted molar refractivity (Wildman–Crippen MR) is 122 cm³/mol. The lowest BCUT2D eigenvalue weighted by Crippen LogP contribution is -2.49. The molecule has 1 aromatic carbocycles. The Balaban J connectivity index is 1.26. The van der Waals surface area contributed by atoms with Crippen molar-refractivity contribution in [2.45, 2.75) is 45.6 Å². The van der Waals surface area contributed by atoms with E-state index in [-0.39, 0.29) is 29.3 Å². The van der Waals surface area contributed by atoms with E-state index in [0.29, 0.717) is 5.92 Å². The minimum absolute atomic E-state index is 0.0195. The fraction of sp³-hybridized carbons (Fsp3) is 0.654. The van der Waals surface area contributed by atoms with E-state index >= 15 is 0 Å². The van der Waals surface area contributed by atoms with Crippen LogP contribution in [-0.2, 0) is 9.53 Å². The molecule has 5 rings (SSSR count). The number of hydrogen-bond donors (Lipinski definition) is 0. The van der Waals surface area contributed by atoms with E-state index < -0.39 is 0 Å². The second kappa shape index (κ2) is 8.16. The molecule has 0 N–H and O–H groups in total. The minimum Gasteiger partial charge on any atom is -0.495 e. The first-order chi connectivity index (χ1) is 15.0. The second-order valence-electron chi connectivity index (χ2n) is 10.3. The number of nitrogens with zero attached hydrogens (tertiary/aromatic N) is 2. The van der Waals surface area contributed by atoms with Crippen LogP contribution in [0.4, 0.5) is 5.69 Å². The second-order valence-corrected chi connectivity index (χ2v) is 10.3. The third kappa shape index (κ3) is 3.75. The zero-order valence-electron chi connectivity index (χ0n) is 19.2. The summed E-state index contributed by atoms with van der Waals surface area (Å²) in [7, 11) is 1.73. The van der Waals surface area contributed by atoms with Crippen molar-refractivity contribution >= 4 is 11.7 Å². The largest absolute Gasteiger partial charge is 0.495 e. The number of carbonyl (C=O) groups excluding carboxylic acids is 1. The summed E-state index contributed by atoms with van der Waals surface area (Å²) in [5, 5.41) is 0. The zero-order valence-corrected chi connectivity index (χ0v) is 19.2. The number of benzene rings is 1. The number of rotatable bonds is 4. The Morgan fingerprint density at radius 3 is 2.74 bits per heavy atom. The maximum Gasteiger partial charge on any atom is 0.311 e. The number of para-hydroxylation sites is 2. The minimum atomic E-state index is -0.0195. The van der Waals surface area contributed by atoms with Crippen LogP contribution in [0.15, 0.2) is 35.9 Å². The van der Waals surface area contributed by atoms with Crippen LogP contribution in [0.25, 0.3) is 0 Å². The van der Waals surface area contributed by atoms with Gasteiger partial charge in [0.1, 0.15) is 11.9 Å². The van der Waals surface area contributed by atoms with Gasteiger partial charge in [-0.05, 0) is 42.7 Å². The maximum atomic E-state index is 12.9. The van der Waals surface area contributed by atoms with E-state index in [9.17, 15) is 4.79 Å². The molecule has 4 aliphatic rings. The molecule has 5 atom stereocenters. The van der Waals surface area contributed by atoms with Crippen molar-refractivity contribution < 1.29 is 14.3 Å². The van der Waals surface area contributed by atoms with Gasteiger partial charge in [0.25, 0.3) is 0 Å². The van der Waals surface area contributed by atoms with Crippen LogP contribution in [0.3, 0.4) is 0 Å². The van der Waals surface area contributed by atoms with E-state index in [1.54, 1.807) is 12.7 Å². The Hall–Kier alpha value is -2.01. The average molecular weight is 425 g/mol. The molecule has 2 saturated heterocycles. The van der Waals surface area contributed by atoms with Crippen LogP contribution in [-0.4, -0.2) is 56.8 Å². The maximum absolute atomic E-state index is 12.9. The number of ether oxygens (including phenoxy) is 2. The van der Waals surface area contributed by atoms with Gasteiger partial charge in [-0.2, -0.15) is 0 Å². The third-order valence-corrected chi connectivity index (χ3v) is 8.33. The summed E-state index contributed by atoms with van der Waals surface area (Å²) in [6.07, 6.45) is 7.37. The van der Waals surface area contributed by atoms with Crippen LogP contribution < -0.4 is 9.64 Å². The molecule has 0 unspecified atom stereocenters. The van der Waals surface area contributed by atoms with Gasteiger partial charge in [0, 0.05) is 38.6 Å². The fourth-order valence-corrected chi connectivity index (χ4v) is 6.60. The fourth-order valence-electron chi connectivity index (χ4n) is 6.60. The smallest absolute Gasteiger partial charge is 0.311 e. The number of esters is 1. The van der Waals surface area contributed by atoms with Gasteiger partial charge in [0.15, 0.2) is 0 Å². The number of methoxy groups -OCH3 is 1. The van der Waals surface area contributed by atoms with Crippen LogP contribution in [0.5, 0.6) is 5.75 Å². The van der Waals surface area contributed by atoms with Gasteiger partial charge in [0.05, 0.1) is 18.7 Å². The molecule has 168 valence electrons. The lowest BCUT2D eigenvalue weighted by molar-refractivity contribution is -0.145. The van der Waals surface area contributed by atoms with Crippen LogP contribution in [0, 0.1) is 23.2 Å². The van der Waals surface area contributed by atoms with Crippen molar-refractivity contribution in [3.05, 3.63) is 35.9 Å². The first kappa shape index (κ1) is 20.9. The first-order valence-electron chi connectivity index (χ1n) is 12.0. The van der Waals surface area contributed by atoms with Crippen molar-refractivity contribution in [3.8, 4) is 5.75 Å². The van der Waals surface area contributed by atoms with Gasteiger partial charge in [-0.1, -0.05) is 44.1 Å². The monoisotopic (exact) mass is 424 g/mol. The van der Waals surface area contributed by atoms with Crippen molar-refractivity contribution in [1.29, 1.82) is 0 Å². The molecule has 1 aromatic rings. The third-order valence-electron chi connectivity index (χ3n) is 8.33. The van der Waals surface area contributed by atoms with Gasteiger partial charge in [-0.3, -0.25) is 9.69 Å². The highest BCUT2D eigenvalue weighted by atomic mass is 16.6. The Bertz CT molecular complexity index is 860. The standard InChI is InChI=1S/C26H36N2O3/c1-18-7-6-10-26(2)16-24-19(15-21(18)26)20(25(29)31-24)17-27-11-13-28(14-12-27)22-8-4-5-9-23(22)30-3/h4-5,8-9,15,18-20,24H,6-7,10-14,16-17H2,1-3H3/t18-,19+,20+,24+,26+/m0/s1. The molecule has 1 saturated carbocycles. The molecule has 3 fully saturated rings. The van der Waals surface area contributed by atoms with Gasteiger partial charge in [-0.15, -0.1) is 0 Å². The van der Waals surface area contributed by atoms with Crippen molar-refractivity contribution in [2.75, 3.05) is 44.7 Å². The SMILES string of the molecule is COc1ccccc1N1CCN(C[C@H]2C(=O)O[C@@H]3C[C@@]4(C)CCC[C@H](C)C4=C[C@@H]32)CC1. The summed E-state index contributed by atoms with van der Waals surface area (Å²) in [5.74, 6) is 1.82. The molecule has 5 nitrogen and oxygen atoms in total. The Kier molecular flexibility index (Phi) is 5.49. The number of anilines is 1. The number of piperazine rings is 1. The normalized spacial score (nSPS) is 35.8. The van der Waals surface area contributed by atoms with E-state index in [1.807, 2.05) is 12.1 Å². The number of hydrogen-bond acceptors (Lipinski definition) is 5. The highest BCUT2D eigenvalue weighted by molar-refractivity contribution is 5.76. The van der Waals surface area contributed by atoms with Crippen molar-refractivity contribution in [2.24, 2.45) is 23.2 Å². The Morgan fingerprint density at radius 1 is 1.19 bits per heavy atom. The van der Waals surface area contributed by atoms with Crippen LogP contribution >= 0.6 is 0 Å². The quantitative estimate of drug-likeness (QED) is 0.537.